The fourth-order valence-corrected chi connectivity index (χ4v) is 2.24. The van der Waals surface area contributed by atoms with Crippen LogP contribution in [0, 0.1) is 5.41 Å². The van der Waals surface area contributed by atoms with Crippen LogP contribution in [0.25, 0.3) is 0 Å². The molecule has 0 spiro atoms. The molecule has 0 saturated heterocycles. The van der Waals surface area contributed by atoms with Crippen molar-refractivity contribution in [2.24, 2.45) is 5.41 Å². The molecule has 1 unspecified atom stereocenters. The minimum absolute atomic E-state index is 0.0473. The Hall–Kier alpha value is -1.23. The van der Waals surface area contributed by atoms with Gasteiger partial charge in [-0.15, -0.1) is 0 Å². The summed E-state index contributed by atoms with van der Waals surface area (Å²) in [5.41, 5.74) is 1.27. The number of aliphatic hydroxyl groups is 3. The van der Waals surface area contributed by atoms with Crippen LogP contribution in [0.1, 0.15) is 27.2 Å². The van der Waals surface area contributed by atoms with Gasteiger partial charge in [0.05, 0.1) is 19.3 Å². The molecule has 3 N–H and O–H groups in total. The van der Waals surface area contributed by atoms with Crippen LogP contribution < -0.4 is 0 Å². The summed E-state index contributed by atoms with van der Waals surface area (Å²) in [6, 6.07) is 0. The lowest BCUT2D eigenvalue weighted by atomic mass is 9.69. The fraction of sp³-hybridized carbons (Fsp3) is 0.533. The van der Waals surface area contributed by atoms with Crippen LogP contribution in [-0.4, -0.2) is 40.4 Å². The first-order valence-corrected chi connectivity index (χ1v) is 6.36. The Morgan fingerprint density at radius 1 is 1.47 bits per heavy atom. The lowest BCUT2D eigenvalue weighted by Crippen LogP contribution is -2.43. The molecule has 0 aromatic heterocycles. The highest BCUT2D eigenvalue weighted by atomic mass is 16.3. The van der Waals surface area contributed by atoms with Crippen molar-refractivity contribution in [3.8, 4) is 0 Å². The highest BCUT2D eigenvalue weighted by Gasteiger charge is 2.41. The Kier molecular flexibility index (Phi) is 5.23. The van der Waals surface area contributed by atoms with Crippen molar-refractivity contribution in [3.05, 3.63) is 34.9 Å². The van der Waals surface area contributed by atoms with Crippen LogP contribution >= 0.6 is 0 Å². The Balaban J connectivity index is 3.21. The Morgan fingerprint density at radius 3 is 2.63 bits per heavy atom. The van der Waals surface area contributed by atoms with Gasteiger partial charge in [-0.2, -0.15) is 0 Å². The summed E-state index contributed by atoms with van der Waals surface area (Å²) in [4.78, 5) is 11.8. The molecular formula is C15H22O4. The van der Waals surface area contributed by atoms with Crippen LogP contribution in [0.2, 0.25) is 0 Å². The highest BCUT2D eigenvalue weighted by molar-refractivity contribution is 5.97. The molecule has 106 valence electrons. The van der Waals surface area contributed by atoms with E-state index in [1.807, 2.05) is 6.92 Å². The molecule has 0 saturated carbocycles. The molecule has 0 amide bonds. The summed E-state index contributed by atoms with van der Waals surface area (Å²) in [6.45, 7) is 5.03. The third kappa shape index (κ3) is 3.21. The topological polar surface area (TPSA) is 77.8 Å². The largest absolute Gasteiger partial charge is 0.395 e. The molecule has 0 fully saturated rings. The van der Waals surface area contributed by atoms with Gasteiger partial charge in [-0.1, -0.05) is 30.7 Å². The predicted molar refractivity (Wildman–Crippen MR) is 73.5 cm³/mol. The number of carbonyl (C=O) groups is 1. The van der Waals surface area contributed by atoms with Crippen molar-refractivity contribution in [2.75, 3.05) is 13.2 Å². The second-order valence-corrected chi connectivity index (χ2v) is 5.22. The number of hydrogen-bond donors (Lipinski definition) is 3. The zero-order chi connectivity index (χ0) is 14.6. The SMILES string of the molecule is CC(C=CC1=C(C)C(=O)CC(O)[C@]1(C)CO)=CCO. The van der Waals surface area contributed by atoms with E-state index in [9.17, 15) is 15.0 Å². The van der Waals surface area contributed by atoms with E-state index in [0.29, 0.717) is 11.1 Å². The summed E-state index contributed by atoms with van der Waals surface area (Å²) in [5, 5.41) is 28.4. The normalized spacial score (nSPS) is 29.5. The van der Waals surface area contributed by atoms with Gasteiger partial charge in [-0.25, -0.2) is 0 Å². The van der Waals surface area contributed by atoms with Crippen molar-refractivity contribution in [1.82, 2.24) is 0 Å². The standard InChI is InChI=1S/C15H22O4/c1-10(6-7-16)4-5-12-11(2)13(18)8-14(19)15(12,3)9-17/h4-6,14,16-17,19H,7-9H2,1-3H3/t14?,15-/m1/s1. The zero-order valence-corrected chi connectivity index (χ0v) is 11.7. The second kappa shape index (κ2) is 6.28. The maximum Gasteiger partial charge on any atom is 0.161 e. The van der Waals surface area contributed by atoms with Gasteiger partial charge in [0.25, 0.3) is 0 Å². The minimum Gasteiger partial charge on any atom is -0.395 e. The van der Waals surface area contributed by atoms with Gasteiger partial charge in [0.1, 0.15) is 0 Å². The molecule has 2 atom stereocenters. The smallest absolute Gasteiger partial charge is 0.161 e. The molecular weight excluding hydrogens is 244 g/mol. The quantitative estimate of drug-likeness (QED) is 0.667. The van der Waals surface area contributed by atoms with Gasteiger partial charge in [0.15, 0.2) is 5.78 Å². The van der Waals surface area contributed by atoms with Gasteiger partial charge in [-0.05, 0) is 25.0 Å². The number of carbonyl (C=O) groups excluding carboxylic acids is 1. The van der Waals surface area contributed by atoms with E-state index in [1.54, 1.807) is 32.1 Å². The molecule has 1 aliphatic rings. The monoisotopic (exact) mass is 266 g/mol. The highest BCUT2D eigenvalue weighted by Crippen LogP contribution is 2.39. The molecule has 4 nitrogen and oxygen atoms in total. The molecule has 0 aromatic rings. The summed E-state index contributed by atoms with van der Waals surface area (Å²) in [6.07, 6.45) is 4.33. The molecule has 1 rings (SSSR count). The first-order valence-electron chi connectivity index (χ1n) is 6.36. The number of Topliss-reactive ketones (excluding diaryl/α,β-unsaturated/α-hetero) is 1. The second-order valence-electron chi connectivity index (χ2n) is 5.22. The molecule has 0 bridgehead atoms. The van der Waals surface area contributed by atoms with Crippen molar-refractivity contribution in [3.63, 3.8) is 0 Å². The van der Waals surface area contributed by atoms with Gasteiger partial charge >= 0.3 is 0 Å². The van der Waals surface area contributed by atoms with Crippen molar-refractivity contribution >= 4 is 5.78 Å². The molecule has 0 aromatic carbocycles. The van der Waals surface area contributed by atoms with E-state index in [1.165, 1.54) is 0 Å². The van der Waals surface area contributed by atoms with Gasteiger partial charge in [0, 0.05) is 11.8 Å². The Labute approximate surface area is 113 Å². The first kappa shape index (κ1) is 15.8. The average molecular weight is 266 g/mol. The van der Waals surface area contributed by atoms with E-state index in [-0.39, 0.29) is 25.4 Å². The van der Waals surface area contributed by atoms with Crippen LogP contribution in [0.3, 0.4) is 0 Å². The summed E-state index contributed by atoms with van der Waals surface area (Å²) < 4.78 is 0. The molecule has 4 heteroatoms. The summed E-state index contributed by atoms with van der Waals surface area (Å²) in [7, 11) is 0. The zero-order valence-electron chi connectivity index (χ0n) is 11.7. The molecule has 19 heavy (non-hydrogen) atoms. The minimum atomic E-state index is -0.879. The van der Waals surface area contributed by atoms with E-state index < -0.39 is 11.5 Å². The van der Waals surface area contributed by atoms with E-state index in [4.69, 9.17) is 5.11 Å². The van der Waals surface area contributed by atoms with E-state index in [0.717, 1.165) is 5.57 Å². The van der Waals surface area contributed by atoms with Crippen LogP contribution in [-0.2, 0) is 4.79 Å². The lowest BCUT2D eigenvalue weighted by molar-refractivity contribution is -0.121. The maximum atomic E-state index is 11.8. The number of allylic oxidation sites excluding steroid dienone is 4. The number of rotatable bonds is 4. The molecule has 0 heterocycles. The fourth-order valence-electron chi connectivity index (χ4n) is 2.24. The van der Waals surface area contributed by atoms with Crippen molar-refractivity contribution in [1.29, 1.82) is 0 Å². The first-order chi connectivity index (χ1) is 8.86. The lowest BCUT2D eigenvalue weighted by Gasteiger charge is -2.38. The van der Waals surface area contributed by atoms with Crippen molar-refractivity contribution in [2.45, 2.75) is 33.3 Å². The van der Waals surface area contributed by atoms with Crippen LogP contribution in [0.4, 0.5) is 0 Å². The van der Waals surface area contributed by atoms with Gasteiger partial charge in [-0.3, -0.25) is 4.79 Å². The third-order valence-corrected chi connectivity index (χ3v) is 3.81. The molecule has 1 aliphatic carbocycles. The van der Waals surface area contributed by atoms with Gasteiger partial charge < -0.3 is 15.3 Å². The summed E-state index contributed by atoms with van der Waals surface area (Å²) >= 11 is 0. The Morgan fingerprint density at radius 2 is 2.11 bits per heavy atom. The number of aliphatic hydroxyl groups excluding tert-OH is 3. The van der Waals surface area contributed by atoms with Gasteiger partial charge in [0.2, 0.25) is 0 Å². The van der Waals surface area contributed by atoms with Crippen LogP contribution in [0.5, 0.6) is 0 Å². The summed E-state index contributed by atoms with van der Waals surface area (Å²) in [5.74, 6) is -0.0955. The molecule has 0 radical (unpaired) electrons. The third-order valence-electron chi connectivity index (χ3n) is 3.81. The van der Waals surface area contributed by atoms with Crippen molar-refractivity contribution < 1.29 is 20.1 Å². The number of hydrogen-bond acceptors (Lipinski definition) is 4. The molecule has 0 aliphatic heterocycles. The van der Waals surface area contributed by atoms with E-state index in [2.05, 4.69) is 0 Å². The number of ketones is 1. The van der Waals surface area contributed by atoms with E-state index >= 15 is 0 Å². The Bertz CT molecular complexity index is 445. The maximum absolute atomic E-state index is 11.8. The average Bonchev–Trinajstić information content (AvgIpc) is 2.36. The predicted octanol–water partition coefficient (Wildman–Crippen LogP) is 1.13. The van der Waals surface area contributed by atoms with Crippen LogP contribution in [0.15, 0.2) is 34.9 Å².